The summed E-state index contributed by atoms with van der Waals surface area (Å²) < 4.78 is 18.9. The molecule has 0 aliphatic carbocycles. The predicted octanol–water partition coefficient (Wildman–Crippen LogP) is 3.26. The van der Waals surface area contributed by atoms with E-state index in [0.717, 1.165) is 37.3 Å². The van der Waals surface area contributed by atoms with Crippen LogP contribution in [0.25, 0.3) is 0 Å². The fraction of sp³-hybridized carbons (Fsp3) is 0.444. The lowest BCUT2D eigenvalue weighted by atomic mass is 10.1. The van der Waals surface area contributed by atoms with Gasteiger partial charge in [0.05, 0.1) is 29.8 Å². The van der Waals surface area contributed by atoms with E-state index in [1.165, 1.54) is 12.3 Å². The Morgan fingerprint density at radius 2 is 1.96 bits per heavy atom. The molecule has 2 aromatic rings. The summed E-state index contributed by atoms with van der Waals surface area (Å²) in [6, 6.07) is 6.88. The van der Waals surface area contributed by atoms with Crippen LogP contribution >= 0.6 is 0 Å². The van der Waals surface area contributed by atoms with Crippen LogP contribution in [0.15, 0.2) is 36.7 Å². The molecule has 2 aromatic heterocycles. The van der Waals surface area contributed by atoms with E-state index in [4.69, 9.17) is 4.74 Å². The Bertz CT molecular complexity index is 639. The van der Waals surface area contributed by atoms with Gasteiger partial charge in [-0.25, -0.2) is 9.37 Å². The number of piperidine rings is 1. The van der Waals surface area contributed by atoms with Gasteiger partial charge in [0.15, 0.2) is 0 Å². The molecular weight excluding hydrogens is 307 g/mol. The van der Waals surface area contributed by atoms with E-state index >= 15 is 0 Å². The van der Waals surface area contributed by atoms with Gasteiger partial charge in [-0.15, -0.1) is 0 Å². The molecule has 0 radical (unpaired) electrons. The third-order valence-electron chi connectivity index (χ3n) is 4.27. The molecule has 24 heavy (non-hydrogen) atoms. The van der Waals surface area contributed by atoms with Crippen LogP contribution in [0, 0.1) is 5.82 Å². The summed E-state index contributed by atoms with van der Waals surface area (Å²) in [4.78, 5) is 10.8. The molecule has 3 rings (SSSR count). The molecule has 1 aliphatic rings. The van der Waals surface area contributed by atoms with E-state index in [-0.39, 0.29) is 18.0 Å². The number of nitrogens with zero attached hydrogens (tertiary/aromatic N) is 3. The first-order valence-electron chi connectivity index (χ1n) is 8.29. The SMILES string of the molecule is C[C@@H](Nc1ccc(OC2CCN(C)CC2)nc1)c1ccc(F)cn1. The standard InChI is InChI=1S/C18H23FN4O/c1-13(17-5-3-14(19)11-20-17)22-15-4-6-18(21-12-15)24-16-7-9-23(2)10-8-16/h3-6,11-13,16,22H,7-10H2,1-2H3/t13-/m1/s1. The van der Waals surface area contributed by atoms with Crippen molar-refractivity contribution in [3.05, 3.63) is 48.2 Å². The first-order valence-corrected chi connectivity index (χ1v) is 8.29. The van der Waals surface area contributed by atoms with Crippen LogP contribution in [0.3, 0.4) is 0 Å². The Morgan fingerprint density at radius 3 is 2.58 bits per heavy atom. The number of aromatic nitrogens is 2. The Labute approximate surface area is 141 Å². The first-order chi connectivity index (χ1) is 11.6. The van der Waals surface area contributed by atoms with Gasteiger partial charge in [0.1, 0.15) is 11.9 Å². The van der Waals surface area contributed by atoms with Crippen molar-refractivity contribution < 1.29 is 9.13 Å². The van der Waals surface area contributed by atoms with Crippen LogP contribution in [-0.4, -0.2) is 41.1 Å². The monoisotopic (exact) mass is 330 g/mol. The van der Waals surface area contributed by atoms with Crippen molar-refractivity contribution in [3.63, 3.8) is 0 Å². The molecule has 1 N–H and O–H groups in total. The van der Waals surface area contributed by atoms with E-state index in [1.54, 1.807) is 12.3 Å². The van der Waals surface area contributed by atoms with E-state index in [1.807, 2.05) is 19.1 Å². The first kappa shape index (κ1) is 16.6. The lowest BCUT2D eigenvalue weighted by Gasteiger charge is -2.28. The fourth-order valence-electron chi connectivity index (χ4n) is 2.78. The summed E-state index contributed by atoms with van der Waals surface area (Å²) >= 11 is 0. The van der Waals surface area contributed by atoms with Gasteiger partial charge in [-0.1, -0.05) is 0 Å². The fourth-order valence-corrected chi connectivity index (χ4v) is 2.78. The molecular formula is C18H23FN4O. The zero-order valence-corrected chi connectivity index (χ0v) is 14.1. The molecule has 0 aromatic carbocycles. The van der Waals surface area contributed by atoms with E-state index in [9.17, 15) is 4.39 Å². The van der Waals surface area contributed by atoms with Crippen molar-refractivity contribution >= 4 is 5.69 Å². The van der Waals surface area contributed by atoms with E-state index in [2.05, 4.69) is 27.2 Å². The van der Waals surface area contributed by atoms with Gasteiger partial charge in [0.2, 0.25) is 5.88 Å². The number of rotatable bonds is 5. The van der Waals surface area contributed by atoms with Crippen molar-refractivity contribution in [2.75, 3.05) is 25.5 Å². The summed E-state index contributed by atoms with van der Waals surface area (Å²) in [5, 5.41) is 3.30. The largest absolute Gasteiger partial charge is 0.474 e. The van der Waals surface area contributed by atoms with Gasteiger partial charge in [-0.2, -0.15) is 0 Å². The number of nitrogens with one attached hydrogen (secondary N) is 1. The molecule has 3 heterocycles. The number of hydrogen-bond donors (Lipinski definition) is 1. The van der Waals surface area contributed by atoms with Gasteiger partial charge < -0.3 is 15.0 Å². The van der Waals surface area contributed by atoms with Gasteiger partial charge >= 0.3 is 0 Å². The van der Waals surface area contributed by atoms with Crippen molar-refractivity contribution in [1.82, 2.24) is 14.9 Å². The van der Waals surface area contributed by atoms with Crippen LogP contribution in [0.1, 0.15) is 31.5 Å². The molecule has 1 fully saturated rings. The number of hydrogen-bond acceptors (Lipinski definition) is 5. The lowest BCUT2D eigenvalue weighted by Crippen LogP contribution is -2.35. The van der Waals surface area contributed by atoms with Gasteiger partial charge in [-0.05, 0) is 45.0 Å². The molecule has 1 atom stereocenters. The Hall–Kier alpha value is -2.21. The highest BCUT2D eigenvalue weighted by Crippen LogP contribution is 2.21. The molecule has 5 nitrogen and oxygen atoms in total. The molecule has 0 unspecified atom stereocenters. The maximum atomic E-state index is 12.9. The highest BCUT2D eigenvalue weighted by molar-refractivity contribution is 5.43. The van der Waals surface area contributed by atoms with Gasteiger partial charge in [0.25, 0.3) is 0 Å². The maximum absolute atomic E-state index is 12.9. The average molecular weight is 330 g/mol. The second-order valence-corrected chi connectivity index (χ2v) is 6.27. The summed E-state index contributed by atoms with van der Waals surface area (Å²) in [7, 11) is 2.13. The second kappa shape index (κ2) is 7.57. The predicted molar refractivity (Wildman–Crippen MR) is 91.6 cm³/mol. The van der Waals surface area contributed by atoms with Gasteiger partial charge in [0, 0.05) is 19.2 Å². The highest BCUT2D eigenvalue weighted by Gasteiger charge is 2.18. The smallest absolute Gasteiger partial charge is 0.213 e. The third-order valence-corrected chi connectivity index (χ3v) is 4.27. The molecule has 128 valence electrons. The lowest BCUT2D eigenvalue weighted by molar-refractivity contribution is 0.110. The molecule has 0 amide bonds. The zero-order valence-electron chi connectivity index (χ0n) is 14.1. The molecule has 0 spiro atoms. The van der Waals surface area contributed by atoms with Crippen molar-refractivity contribution in [3.8, 4) is 5.88 Å². The molecule has 6 heteroatoms. The highest BCUT2D eigenvalue weighted by atomic mass is 19.1. The zero-order chi connectivity index (χ0) is 16.9. The minimum Gasteiger partial charge on any atom is -0.474 e. The summed E-state index contributed by atoms with van der Waals surface area (Å²) in [6.07, 6.45) is 5.29. The van der Waals surface area contributed by atoms with Crippen LogP contribution in [0.5, 0.6) is 5.88 Å². The van der Waals surface area contributed by atoms with Crippen LogP contribution in [0.2, 0.25) is 0 Å². The van der Waals surface area contributed by atoms with Crippen molar-refractivity contribution in [2.24, 2.45) is 0 Å². The minimum absolute atomic E-state index is 0.0342. The van der Waals surface area contributed by atoms with Gasteiger partial charge in [-0.3, -0.25) is 4.98 Å². The summed E-state index contributed by atoms with van der Waals surface area (Å²) in [6.45, 7) is 4.10. The second-order valence-electron chi connectivity index (χ2n) is 6.27. The third kappa shape index (κ3) is 4.41. The number of likely N-dealkylation sites (tertiary alicyclic amines) is 1. The van der Waals surface area contributed by atoms with Crippen molar-refractivity contribution in [1.29, 1.82) is 0 Å². The Morgan fingerprint density at radius 1 is 1.17 bits per heavy atom. The summed E-state index contributed by atoms with van der Waals surface area (Å²) in [5.74, 6) is 0.325. The number of halogens is 1. The minimum atomic E-state index is -0.331. The normalized spacial score (nSPS) is 17.5. The number of anilines is 1. The average Bonchev–Trinajstić information content (AvgIpc) is 2.59. The molecule has 0 bridgehead atoms. The Kier molecular flexibility index (Phi) is 5.25. The topological polar surface area (TPSA) is 50.3 Å². The molecule has 0 saturated carbocycles. The number of ether oxygens (including phenoxy) is 1. The van der Waals surface area contributed by atoms with Crippen LogP contribution in [0.4, 0.5) is 10.1 Å². The maximum Gasteiger partial charge on any atom is 0.213 e. The number of pyridine rings is 2. The Balaban J connectivity index is 1.55. The molecule has 1 saturated heterocycles. The quantitative estimate of drug-likeness (QED) is 0.912. The molecule has 1 aliphatic heterocycles. The van der Waals surface area contributed by atoms with Crippen molar-refractivity contribution in [2.45, 2.75) is 31.9 Å². The van der Waals surface area contributed by atoms with E-state index in [0.29, 0.717) is 5.88 Å². The van der Waals surface area contributed by atoms with E-state index < -0.39 is 0 Å². The van der Waals surface area contributed by atoms with Crippen LogP contribution < -0.4 is 10.1 Å². The summed E-state index contributed by atoms with van der Waals surface area (Å²) in [5.41, 5.74) is 1.66. The van der Waals surface area contributed by atoms with Crippen LogP contribution in [-0.2, 0) is 0 Å².